The Morgan fingerprint density at radius 3 is 2.47 bits per heavy atom. The molecule has 0 radical (unpaired) electrons. The molecule has 0 saturated carbocycles. The van der Waals surface area contributed by atoms with Crippen LogP contribution in [0, 0.1) is 24.0 Å². The van der Waals surface area contributed by atoms with E-state index in [0.717, 1.165) is 22.0 Å². The highest BCUT2D eigenvalue weighted by molar-refractivity contribution is 9.11. The number of aromatic nitrogens is 1. The minimum absolute atomic E-state index is 0.119. The molecule has 0 bridgehead atoms. The van der Waals surface area contributed by atoms with Crippen molar-refractivity contribution in [1.29, 1.82) is 0 Å². The van der Waals surface area contributed by atoms with Crippen molar-refractivity contribution in [3.05, 3.63) is 125 Å². The van der Waals surface area contributed by atoms with Crippen LogP contribution < -0.4 is 10.2 Å². The van der Waals surface area contributed by atoms with E-state index in [9.17, 15) is 19.7 Å². The number of carbonyl (C=O) groups is 2. The second kappa shape index (κ2) is 12.5. The summed E-state index contributed by atoms with van der Waals surface area (Å²) in [6.07, 6.45) is 1.35. The Labute approximate surface area is 267 Å². The van der Waals surface area contributed by atoms with E-state index in [-0.39, 0.29) is 22.7 Å². The number of ether oxygens (including phenoxy) is 1. The molecule has 0 saturated heterocycles. The van der Waals surface area contributed by atoms with Crippen LogP contribution in [0.5, 0.6) is 5.75 Å². The molecule has 0 aliphatic rings. The first-order valence-electron chi connectivity index (χ1n) is 12.7. The Balaban J connectivity index is 1.45. The summed E-state index contributed by atoms with van der Waals surface area (Å²) in [5.74, 6) is -1.10. The molecular formula is C31H21Br2ClN4O5. The van der Waals surface area contributed by atoms with Gasteiger partial charge in [-0.3, -0.25) is 14.9 Å². The van der Waals surface area contributed by atoms with Gasteiger partial charge in [0.05, 0.1) is 21.2 Å². The number of esters is 1. The number of hydrogen-bond donors (Lipinski definition) is 2. The summed E-state index contributed by atoms with van der Waals surface area (Å²) < 4.78 is 6.71. The van der Waals surface area contributed by atoms with Crippen LogP contribution in [0.1, 0.15) is 37.5 Å². The quantitative estimate of drug-likeness (QED) is 0.0572. The van der Waals surface area contributed by atoms with Gasteiger partial charge in [0.25, 0.3) is 11.6 Å². The van der Waals surface area contributed by atoms with E-state index in [1.807, 2.05) is 44.2 Å². The smallest absolute Gasteiger partial charge is 0.343 e. The van der Waals surface area contributed by atoms with Gasteiger partial charge < -0.3 is 9.72 Å². The number of halogens is 3. The monoisotopic (exact) mass is 722 g/mol. The van der Waals surface area contributed by atoms with Crippen LogP contribution in [0.15, 0.2) is 86.8 Å². The number of amides is 1. The first-order valence-corrected chi connectivity index (χ1v) is 14.7. The van der Waals surface area contributed by atoms with Crippen LogP contribution in [-0.2, 0) is 0 Å². The molecule has 2 N–H and O–H groups in total. The number of aryl methyl sites for hydroxylation is 2. The van der Waals surface area contributed by atoms with Gasteiger partial charge >= 0.3 is 5.97 Å². The molecule has 5 aromatic rings. The summed E-state index contributed by atoms with van der Waals surface area (Å²) in [5, 5.41) is 16.4. The van der Waals surface area contributed by atoms with Crippen molar-refractivity contribution in [3.63, 3.8) is 0 Å². The molecule has 9 nitrogen and oxygen atoms in total. The van der Waals surface area contributed by atoms with Gasteiger partial charge in [0.2, 0.25) is 0 Å². The highest BCUT2D eigenvalue weighted by Crippen LogP contribution is 2.38. The molecule has 216 valence electrons. The predicted molar refractivity (Wildman–Crippen MR) is 173 cm³/mol. The molecule has 0 spiro atoms. The second-order valence-corrected chi connectivity index (χ2v) is 11.7. The number of hydrazone groups is 1. The van der Waals surface area contributed by atoms with Crippen molar-refractivity contribution in [2.45, 2.75) is 13.8 Å². The van der Waals surface area contributed by atoms with Crippen LogP contribution in [0.25, 0.3) is 22.0 Å². The lowest BCUT2D eigenvalue weighted by Gasteiger charge is -2.11. The van der Waals surface area contributed by atoms with E-state index in [0.29, 0.717) is 30.7 Å². The predicted octanol–water partition coefficient (Wildman–Crippen LogP) is 8.52. The lowest BCUT2D eigenvalue weighted by Crippen LogP contribution is -2.19. The lowest BCUT2D eigenvalue weighted by molar-refractivity contribution is -0.384. The maximum absolute atomic E-state index is 13.5. The third-order valence-electron chi connectivity index (χ3n) is 6.53. The Morgan fingerprint density at radius 1 is 1.05 bits per heavy atom. The average molecular weight is 725 g/mol. The third-order valence-corrected chi connectivity index (χ3v) is 7.91. The number of nitro groups is 1. The lowest BCUT2D eigenvalue weighted by atomic mass is 9.99. The number of non-ortho nitro benzene ring substituents is 1. The average Bonchev–Trinajstić information content (AvgIpc) is 3.34. The van der Waals surface area contributed by atoms with Crippen LogP contribution in [0.4, 0.5) is 5.69 Å². The van der Waals surface area contributed by atoms with Crippen molar-refractivity contribution >= 4 is 78.1 Å². The molecule has 43 heavy (non-hydrogen) atoms. The zero-order valence-electron chi connectivity index (χ0n) is 22.6. The van der Waals surface area contributed by atoms with Crippen molar-refractivity contribution in [1.82, 2.24) is 10.4 Å². The normalized spacial score (nSPS) is 11.2. The summed E-state index contributed by atoms with van der Waals surface area (Å²) in [6.45, 7) is 3.95. The fourth-order valence-corrected chi connectivity index (χ4v) is 6.21. The molecule has 0 aliphatic carbocycles. The molecule has 1 amide bonds. The molecule has 12 heteroatoms. The number of nitrogens with one attached hydrogen (secondary N) is 2. The Kier molecular flexibility index (Phi) is 8.77. The number of benzene rings is 4. The van der Waals surface area contributed by atoms with Crippen LogP contribution in [0.2, 0.25) is 5.02 Å². The van der Waals surface area contributed by atoms with E-state index >= 15 is 0 Å². The summed E-state index contributed by atoms with van der Waals surface area (Å²) in [7, 11) is 0. The molecule has 1 heterocycles. The number of carbonyl (C=O) groups excluding carboxylic acids is 2. The second-order valence-electron chi connectivity index (χ2n) is 9.56. The van der Waals surface area contributed by atoms with E-state index in [1.54, 1.807) is 18.2 Å². The minimum atomic E-state index is -0.732. The van der Waals surface area contributed by atoms with Crippen LogP contribution >= 0.6 is 43.5 Å². The number of nitrogens with zero attached hydrogens (tertiary/aromatic N) is 2. The van der Waals surface area contributed by atoms with Crippen LogP contribution in [0.3, 0.4) is 0 Å². The Hall–Kier alpha value is -4.32. The van der Waals surface area contributed by atoms with Crippen molar-refractivity contribution in [3.8, 4) is 16.9 Å². The van der Waals surface area contributed by atoms with Gasteiger partial charge in [-0.1, -0.05) is 57.4 Å². The first-order chi connectivity index (χ1) is 20.5. The maximum Gasteiger partial charge on any atom is 0.343 e. The van der Waals surface area contributed by atoms with Gasteiger partial charge in [-0.2, -0.15) is 5.10 Å². The first kappa shape index (κ1) is 30.1. The molecule has 5 rings (SSSR count). The van der Waals surface area contributed by atoms with Gasteiger partial charge in [-0.15, -0.1) is 0 Å². The van der Waals surface area contributed by atoms with E-state index in [4.69, 9.17) is 16.3 Å². The minimum Gasteiger partial charge on any atom is -0.421 e. The highest BCUT2D eigenvalue weighted by Gasteiger charge is 2.22. The number of nitro benzene ring substituents is 1. The molecular weight excluding hydrogens is 704 g/mol. The van der Waals surface area contributed by atoms with Gasteiger partial charge in [0.1, 0.15) is 5.69 Å². The maximum atomic E-state index is 13.5. The van der Waals surface area contributed by atoms with Crippen LogP contribution in [-0.4, -0.2) is 28.0 Å². The van der Waals surface area contributed by atoms with E-state index < -0.39 is 16.8 Å². The van der Waals surface area contributed by atoms with Gasteiger partial charge in [0, 0.05) is 49.2 Å². The van der Waals surface area contributed by atoms with E-state index in [2.05, 4.69) is 47.4 Å². The van der Waals surface area contributed by atoms with E-state index in [1.165, 1.54) is 30.5 Å². The largest absolute Gasteiger partial charge is 0.421 e. The summed E-state index contributed by atoms with van der Waals surface area (Å²) in [5.41, 5.74) is 7.37. The molecule has 0 atom stereocenters. The standard InChI is InChI=1S/C31H21Br2ClN4O5/c1-16-11-17(2)27-23(12-16)26(22-5-3-4-6-25(22)34)28(36-27)30(39)37-35-15-19-13-20(32)14-24(33)29(19)43-31(40)18-7-9-21(10-8-18)38(41)42/h3-15,36H,1-2H3,(H,37,39). The summed E-state index contributed by atoms with van der Waals surface area (Å²) in [4.78, 5) is 40.0. The zero-order chi connectivity index (χ0) is 30.8. The molecule has 4 aromatic carbocycles. The van der Waals surface area contributed by atoms with Gasteiger partial charge in [-0.25, -0.2) is 10.2 Å². The van der Waals surface area contributed by atoms with Gasteiger partial charge in [0.15, 0.2) is 5.75 Å². The topological polar surface area (TPSA) is 127 Å². The highest BCUT2D eigenvalue weighted by atomic mass is 79.9. The Bertz CT molecular complexity index is 1950. The zero-order valence-corrected chi connectivity index (χ0v) is 26.5. The molecule has 0 aliphatic heterocycles. The number of fused-ring (bicyclic) bond motifs is 1. The SMILES string of the molecule is Cc1cc(C)c2[nH]c(C(=O)NN=Cc3cc(Br)cc(Br)c3OC(=O)c3ccc([N+](=O)[O-])cc3)c(-c3ccccc3Cl)c2c1. The fourth-order valence-electron chi connectivity index (χ4n) is 4.64. The van der Waals surface area contributed by atoms with Crippen molar-refractivity contribution in [2.75, 3.05) is 0 Å². The molecule has 1 aromatic heterocycles. The fraction of sp³-hybridized carbons (Fsp3) is 0.0645. The van der Waals surface area contributed by atoms with Crippen molar-refractivity contribution < 1.29 is 19.2 Å². The number of aromatic amines is 1. The number of hydrogen-bond acceptors (Lipinski definition) is 6. The van der Waals surface area contributed by atoms with Gasteiger partial charge in [-0.05, 0) is 71.7 Å². The summed E-state index contributed by atoms with van der Waals surface area (Å²) >= 11 is 13.4. The number of H-pyrrole nitrogens is 1. The third kappa shape index (κ3) is 6.38. The molecule has 0 unspecified atom stereocenters. The Morgan fingerprint density at radius 2 is 1.77 bits per heavy atom. The van der Waals surface area contributed by atoms with Crippen molar-refractivity contribution in [2.24, 2.45) is 5.10 Å². The molecule has 0 fully saturated rings. The number of rotatable bonds is 7. The summed E-state index contributed by atoms with van der Waals surface area (Å²) in [6, 6.07) is 19.7.